The Morgan fingerprint density at radius 3 is 2.54 bits per heavy atom. The lowest BCUT2D eigenvalue weighted by Gasteiger charge is -2.21. The summed E-state index contributed by atoms with van der Waals surface area (Å²) < 4.78 is 0. The molecule has 0 aliphatic rings. The first-order chi connectivity index (χ1) is 12.3. The smallest absolute Gasteiger partial charge is 0.326 e. The van der Waals surface area contributed by atoms with Gasteiger partial charge in [0.15, 0.2) is 5.96 Å². The number of nitrogens with two attached hydrogens (primary N) is 3. The summed E-state index contributed by atoms with van der Waals surface area (Å²) in [6, 6.07) is -2.14. The molecule has 0 fully saturated rings. The molecular weight excluding hydrogens is 344 g/mol. The Hall–Kier alpha value is -3.15. The molecule has 0 spiro atoms. The van der Waals surface area contributed by atoms with Crippen molar-refractivity contribution in [2.75, 3.05) is 13.1 Å². The van der Waals surface area contributed by atoms with Crippen LogP contribution in [0.5, 0.6) is 0 Å². The molecule has 2 amide bonds. The van der Waals surface area contributed by atoms with Crippen molar-refractivity contribution < 1.29 is 19.5 Å². The van der Waals surface area contributed by atoms with E-state index in [4.69, 9.17) is 17.2 Å². The topological polar surface area (TPSA) is 215 Å². The Morgan fingerprint density at radius 2 is 2.00 bits per heavy atom. The molecule has 1 aromatic heterocycles. The average molecular weight is 368 g/mol. The number of hydrogen-bond acceptors (Lipinski definition) is 6. The highest BCUT2D eigenvalue weighted by Crippen LogP contribution is 2.03. The zero-order chi connectivity index (χ0) is 19.5. The second-order valence-corrected chi connectivity index (χ2v) is 5.45. The van der Waals surface area contributed by atoms with Crippen molar-refractivity contribution in [2.24, 2.45) is 22.2 Å². The SMILES string of the molecule is NCC(=O)NC(CCCN=C(N)N)C(=O)NC(Cc1cnc[nH]1)C(=O)O. The maximum Gasteiger partial charge on any atom is 0.326 e. The zero-order valence-corrected chi connectivity index (χ0v) is 14.1. The predicted octanol–water partition coefficient (Wildman–Crippen LogP) is -2.98. The van der Waals surface area contributed by atoms with Crippen LogP contribution in [0.1, 0.15) is 18.5 Å². The first-order valence-electron chi connectivity index (χ1n) is 7.88. The number of guanidine groups is 1. The van der Waals surface area contributed by atoms with Crippen LogP contribution in [0.3, 0.4) is 0 Å². The summed E-state index contributed by atoms with van der Waals surface area (Å²) in [5.41, 5.74) is 16.2. The van der Waals surface area contributed by atoms with Gasteiger partial charge in [0.2, 0.25) is 11.8 Å². The van der Waals surface area contributed by atoms with E-state index in [9.17, 15) is 19.5 Å². The summed E-state index contributed by atoms with van der Waals surface area (Å²) in [5, 5.41) is 14.2. The summed E-state index contributed by atoms with van der Waals surface area (Å²) in [5.74, 6) is -2.46. The van der Waals surface area contributed by atoms with Gasteiger partial charge in [-0.3, -0.25) is 14.6 Å². The molecule has 2 atom stereocenters. The van der Waals surface area contributed by atoms with Crippen molar-refractivity contribution >= 4 is 23.7 Å². The number of nitrogens with zero attached hydrogens (tertiary/aromatic N) is 2. The van der Waals surface area contributed by atoms with Gasteiger partial charge >= 0.3 is 5.97 Å². The number of aliphatic carboxylic acids is 1. The molecule has 10 N–H and O–H groups in total. The van der Waals surface area contributed by atoms with Crippen molar-refractivity contribution in [3.05, 3.63) is 18.2 Å². The number of rotatable bonds is 11. The molecule has 2 unspecified atom stereocenters. The van der Waals surface area contributed by atoms with Gasteiger partial charge in [0.25, 0.3) is 0 Å². The molecule has 0 radical (unpaired) electrons. The number of nitrogens with one attached hydrogen (secondary N) is 3. The zero-order valence-electron chi connectivity index (χ0n) is 14.1. The van der Waals surface area contributed by atoms with Gasteiger partial charge in [0, 0.05) is 24.9 Å². The van der Waals surface area contributed by atoms with Gasteiger partial charge in [-0.15, -0.1) is 0 Å². The van der Waals surface area contributed by atoms with Crippen LogP contribution < -0.4 is 27.8 Å². The van der Waals surface area contributed by atoms with Gasteiger partial charge in [0.05, 0.1) is 12.9 Å². The van der Waals surface area contributed by atoms with Crippen LogP contribution in [0.25, 0.3) is 0 Å². The van der Waals surface area contributed by atoms with Crippen LogP contribution in [0, 0.1) is 0 Å². The van der Waals surface area contributed by atoms with Crippen LogP contribution >= 0.6 is 0 Å². The molecule has 1 aromatic rings. The molecule has 0 aliphatic carbocycles. The van der Waals surface area contributed by atoms with E-state index < -0.39 is 29.9 Å². The van der Waals surface area contributed by atoms with Crippen LogP contribution in [-0.2, 0) is 20.8 Å². The van der Waals surface area contributed by atoms with E-state index >= 15 is 0 Å². The lowest BCUT2D eigenvalue weighted by Crippen LogP contribution is -2.53. The van der Waals surface area contributed by atoms with Gasteiger partial charge < -0.3 is 37.9 Å². The molecule has 1 rings (SSSR count). The van der Waals surface area contributed by atoms with Crippen molar-refractivity contribution in [3.8, 4) is 0 Å². The first-order valence-corrected chi connectivity index (χ1v) is 7.88. The number of aromatic nitrogens is 2. The maximum absolute atomic E-state index is 12.4. The second-order valence-electron chi connectivity index (χ2n) is 5.45. The van der Waals surface area contributed by atoms with E-state index in [0.29, 0.717) is 12.1 Å². The van der Waals surface area contributed by atoms with Gasteiger partial charge in [-0.25, -0.2) is 9.78 Å². The minimum atomic E-state index is -1.21. The number of amides is 2. The molecule has 0 saturated heterocycles. The molecule has 0 aliphatic heterocycles. The summed E-state index contributed by atoms with van der Waals surface area (Å²) in [6.45, 7) is -0.0324. The van der Waals surface area contributed by atoms with Gasteiger partial charge in [-0.1, -0.05) is 0 Å². The predicted molar refractivity (Wildman–Crippen MR) is 92.8 cm³/mol. The number of carbonyl (C=O) groups excluding carboxylic acids is 2. The molecule has 0 bridgehead atoms. The van der Waals surface area contributed by atoms with E-state index in [1.807, 2.05) is 0 Å². The minimum Gasteiger partial charge on any atom is -0.480 e. The fraction of sp³-hybridized carbons (Fsp3) is 0.500. The third kappa shape index (κ3) is 7.61. The Labute approximate surface area is 149 Å². The number of aromatic amines is 1. The van der Waals surface area contributed by atoms with Gasteiger partial charge in [-0.2, -0.15) is 0 Å². The monoisotopic (exact) mass is 368 g/mol. The standard InChI is InChI=1S/C14H24N8O4/c15-5-11(23)21-9(2-1-3-19-14(16)17)12(24)22-10(13(25)26)4-8-6-18-7-20-8/h6-7,9-10H,1-5,15H2,(H,18,20)(H,21,23)(H,22,24)(H,25,26)(H4,16,17,19). The molecule has 0 saturated carbocycles. The number of carboxylic acids is 1. The third-order valence-corrected chi connectivity index (χ3v) is 3.38. The van der Waals surface area contributed by atoms with Crippen molar-refractivity contribution in [1.29, 1.82) is 0 Å². The normalized spacial score (nSPS) is 12.7. The van der Waals surface area contributed by atoms with Gasteiger partial charge in [0.1, 0.15) is 12.1 Å². The highest BCUT2D eigenvalue weighted by atomic mass is 16.4. The van der Waals surface area contributed by atoms with Crippen molar-refractivity contribution in [2.45, 2.75) is 31.3 Å². The molecule has 1 heterocycles. The fourth-order valence-corrected chi connectivity index (χ4v) is 2.11. The number of aliphatic imine (C=N–C) groups is 1. The Kier molecular flexibility index (Phi) is 8.57. The van der Waals surface area contributed by atoms with Crippen molar-refractivity contribution in [3.63, 3.8) is 0 Å². The number of carboxylic acid groups (broad SMARTS) is 1. The number of hydrogen-bond donors (Lipinski definition) is 7. The number of imidazole rings is 1. The van der Waals surface area contributed by atoms with E-state index in [2.05, 4.69) is 25.6 Å². The Morgan fingerprint density at radius 1 is 1.27 bits per heavy atom. The minimum absolute atomic E-state index is 0.0205. The molecule has 26 heavy (non-hydrogen) atoms. The molecule has 12 nitrogen and oxygen atoms in total. The highest BCUT2D eigenvalue weighted by molar-refractivity contribution is 5.90. The summed E-state index contributed by atoms with van der Waals surface area (Å²) in [4.78, 5) is 45.7. The summed E-state index contributed by atoms with van der Waals surface area (Å²) in [7, 11) is 0. The third-order valence-electron chi connectivity index (χ3n) is 3.38. The van der Waals surface area contributed by atoms with E-state index in [-0.39, 0.29) is 31.9 Å². The van der Waals surface area contributed by atoms with Crippen molar-refractivity contribution in [1.82, 2.24) is 20.6 Å². The lowest BCUT2D eigenvalue weighted by molar-refractivity contribution is -0.142. The van der Waals surface area contributed by atoms with Crippen LogP contribution in [-0.4, -0.2) is 64.0 Å². The second kappa shape index (κ2) is 10.7. The van der Waals surface area contributed by atoms with Crippen LogP contribution in [0.15, 0.2) is 17.5 Å². The Bertz CT molecular complexity index is 627. The molecule has 0 aromatic carbocycles. The highest BCUT2D eigenvalue weighted by Gasteiger charge is 2.26. The van der Waals surface area contributed by atoms with Gasteiger partial charge in [-0.05, 0) is 12.8 Å². The van der Waals surface area contributed by atoms with E-state index in [0.717, 1.165) is 0 Å². The molecule has 12 heteroatoms. The Balaban J connectivity index is 2.72. The molecule has 144 valence electrons. The lowest BCUT2D eigenvalue weighted by atomic mass is 10.1. The summed E-state index contributed by atoms with van der Waals surface area (Å²) >= 11 is 0. The van der Waals surface area contributed by atoms with E-state index in [1.165, 1.54) is 12.5 Å². The summed E-state index contributed by atoms with van der Waals surface area (Å²) in [6.07, 6.45) is 3.51. The first kappa shape index (κ1) is 20.9. The van der Waals surface area contributed by atoms with Crippen LogP contribution in [0.2, 0.25) is 0 Å². The average Bonchev–Trinajstić information content (AvgIpc) is 3.09. The van der Waals surface area contributed by atoms with Crippen LogP contribution in [0.4, 0.5) is 0 Å². The van der Waals surface area contributed by atoms with E-state index in [1.54, 1.807) is 0 Å². The largest absolute Gasteiger partial charge is 0.480 e. The molecular formula is C14H24N8O4. The quantitative estimate of drug-likeness (QED) is 0.121. The number of carbonyl (C=O) groups is 3. The fourth-order valence-electron chi connectivity index (χ4n) is 2.11. The maximum atomic E-state index is 12.4. The number of H-pyrrole nitrogens is 1.